The lowest BCUT2D eigenvalue weighted by Gasteiger charge is -2.31. The van der Waals surface area contributed by atoms with E-state index in [1.54, 1.807) is 6.92 Å². The van der Waals surface area contributed by atoms with Gasteiger partial charge in [0.1, 0.15) is 18.3 Å². The first-order valence-corrected chi connectivity index (χ1v) is 12.2. The van der Waals surface area contributed by atoms with E-state index in [4.69, 9.17) is 23.7 Å². The second kappa shape index (κ2) is 14.2. The number of hydrogen-bond acceptors (Lipinski definition) is 9. The van der Waals surface area contributed by atoms with Crippen LogP contribution in [-0.4, -0.2) is 79.9 Å². The van der Waals surface area contributed by atoms with Gasteiger partial charge in [-0.25, -0.2) is 9.78 Å². The minimum atomic E-state index is -1.11. The number of carbonyl (C=O) groups is 2. The summed E-state index contributed by atoms with van der Waals surface area (Å²) in [5.74, 6) is -0.821. The molecular weight excluding hydrogens is 456 g/mol. The van der Waals surface area contributed by atoms with Crippen molar-refractivity contribution >= 4 is 11.9 Å². The van der Waals surface area contributed by atoms with Gasteiger partial charge in [0.25, 0.3) is 5.91 Å². The van der Waals surface area contributed by atoms with Crippen LogP contribution in [0.3, 0.4) is 0 Å². The molecule has 0 aromatic carbocycles. The minimum Gasteiger partial charge on any atom is -0.503 e. The molecule has 1 aliphatic rings. The van der Waals surface area contributed by atoms with Gasteiger partial charge in [0.05, 0.1) is 20.3 Å². The summed E-state index contributed by atoms with van der Waals surface area (Å²) in [5.41, 5.74) is -0.269. The van der Waals surface area contributed by atoms with Crippen molar-refractivity contribution in [3.05, 3.63) is 18.0 Å². The number of pyridine rings is 1. The van der Waals surface area contributed by atoms with Crippen molar-refractivity contribution in [1.82, 2.24) is 10.3 Å². The van der Waals surface area contributed by atoms with Crippen LogP contribution in [0, 0.1) is 11.8 Å². The molecule has 2 heterocycles. The zero-order valence-corrected chi connectivity index (χ0v) is 21.6. The summed E-state index contributed by atoms with van der Waals surface area (Å²) in [7, 11) is 1.36. The molecule has 0 spiro atoms. The molecule has 0 aliphatic carbocycles. The second-order valence-electron chi connectivity index (χ2n) is 9.53. The Balaban J connectivity index is 2.14. The van der Waals surface area contributed by atoms with Gasteiger partial charge in [-0.05, 0) is 31.6 Å². The predicted octanol–water partition coefficient (Wildman–Crippen LogP) is 2.72. The van der Waals surface area contributed by atoms with Crippen molar-refractivity contribution in [2.45, 2.75) is 71.8 Å². The van der Waals surface area contributed by atoms with Crippen LogP contribution in [0.5, 0.6) is 11.5 Å². The van der Waals surface area contributed by atoms with Crippen molar-refractivity contribution in [1.29, 1.82) is 0 Å². The highest BCUT2D eigenvalue weighted by molar-refractivity contribution is 5.98. The number of aromatic hydroxyl groups is 1. The smallest absolute Gasteiger partial charge is 0.331 e. The maximum absolute atomic E-state index is 12.9. The molecule has 1 saturated heterocycles. The number of carbonyl (C=O) groups excluding carboxylic acids is 2. The minimum absolute atomic E-state index is 0.0924. The molecule has 1 aliphatic heterocycles. The summed E-state index contributed by atoms with van der Waals surface area (Å²) in [6.45, 7) is 11.3. The molecule has 10 heteroatoms. The number of ether oxygens (including phenoxy) is 5. The molecule has 4 atom stereocenters. The summed E-state index contributed by atoms with van der Waals surface area (Å²) in [6, 6.07) is 0.312. The third-order valence-electron chi connectivity index (χ3n) is 5.64. The highest BCUT2D eigenvalue weighted by Crippen LogP contribution is 2.27. The number of hydrogen-bond donors (Lipinski definition) is 2. The lowest BCUT2D eigenvalue weighted by atomic mass is 10.1. The lowest BCUT2D eigenvalue weighted by molar-refractivity contribution is -0.168. The van der Waals surface area contributed by atoms with E-state index in [1.165, 1.54) is 19.4 Å². The Morgan fingerprint density at radius 1 is 1.17 bits per heavy atom. The van der Waals surface area contributed by atoms with E-state index in [0.717, 1.165) is 12.8 Å². The van der Waals surface area contributed by atoms with Crippen LogP contribution in [0.25, 0.3) is 0 Å². The Morgan fingerprint density at radius 2 is 1.83 bits per heavy atom. The summed E-state index contributed by atoms with van der Waals surface area (Å²) < 4.78 is 28.7. The van der Waals surface area contributed by atoms with Crippen LogP contribution in [0.1, 0.15) is 57.9 Å². The molecule has 1 aromatic rings. The molecule has 0 saturated carbocycles. The third kappa shape index (κ3) is 8.94. The van der Waals surface area contributed by atoms with E-state index in [9.17, 15) is 14.7 Å². The topological polar surface area (TPSA) is 125 Å². The zero-order chi connectivity index (χ0) is 26.0. The van der Waals surface area contributed by atoms with Crippen LogP contribution in [0.15, 0.2) is 12.3 Å². The molecule has 198 valence electrons. The largest absolute Gasteiger partial charge is 0.503 e. The van der Waals surface area contributed by atoms with Gasteiger partial charge in [-0.2, -0.15) is 0 Å². The Bertz CT molecular complexity index is 817. The molecule has 35 heavy (non-hydrogen) atoms. The predicted molar refractivity (Wildman–Crippen MR) is 128 cm³/mol. The van der Waals surface area contributed by atoms with Crippen LogP contribution in [0.2, 0.25) is 0 Å². The van der Waals surface area contributed by atoms with Gasteiger partial charge in [0.15, 0.2) is 23.2 Å². The Labute approximate surface area is 207 Å². The van der Waals surface area contributed by atoms with Gasteiger partial charge in [-0.3, -0.25) is 4.79 Å². The van der Waals surface area contributed by atoms with Crippen molar-refractivity contribution in [2.75, 3.05) is 33.5 Å². The summed E-state index contributed by atoms with van der Waals surface area (Å²) in [5, 5.41) is 12.8. The maximum Gasteiger partial charge on any atom is 0.331 e. The third-order valence-corrected chi connectivity index (χ3v) is 5.64. The fraction of sp³-hybridized carbons (Fsp3) is 0.720. The SMILES string of the molecule is COc1ccnc(C(=O)NC2COCC(OCCC(C)C)C(OCCC(C)C)C(C)OC2=O)c1O. The van der Waals surface area contributed by atoms with Crippen LogP contribution >= 0.6 is 0 Å². The Hall–Kier alpha value is -2.43. The van der Waals surface area contributed by atoms with Gasteiger partial charge in [0.2, 0.25) is 0 Å². The molecule has 1 fully saturated rings. The zero-order valence-electron chi connectivity index (χ0n) is 21.6. The molecule has 2 N–H and O–H groups in total. The maximum atomic E-state index is 12.9. The molecule has 2 rings (SSSR count). The standard InChI is InChI=1S/C25H40N2O8/c1-15(2)8-11-33-20-14-32-13-18(25(30)35-17(5)23(20)34-12-9-16(3)4)27-24(29)21-22(28)19(31-6)7-10-26-21/h7,10,15-18,20,23,28H,8-9,11-14H2,1-6H3,(H,27,29). The molecule has 1 aromatic heterocycles. The lowest BCUT2D eigenvalue weighted by Crippen LogP contribution is -2.47. The monoisotopic (exact) mass is 496 g/mol. The van der Waals surface area contributed by atoms with Crippen LogP contribution in [-0.2, 0) is 23.7 Å². The Kier molecular flexibility index (Phi) is 11.7. The van der Waals surface area contributed by atoms with Gasteiger partial charge in [0, 0.05) is 25.5 Å². The molecule has 0 radical (unpaired) electrons. The second-order valence-corrected chi connectivity index (χ2v) is 9.53. The van der Waals surface area contributed by atoms with E-state index >= 15 is 0 Å². The van der Waals surface area contributed by atoms with Gasteiger partial charge in [-0.15, -0.1) is 0 Å². The van der Waals surface area contributed by atoms with E-state index in [0.29, 0.717) is 25.0 Å². The summed E-state index contributed by atoms with van der Waals surface area (Å²) in [4.78, 5) is 29.6. The number of nitrogens with one attached hydrogen (secondary N) is 1. The van der Waals surface area contributed by atoms with E-state index in [1.807, 2.05) is 0 Å². The van der Waals surface area contributed by atoms with Gasteiger partial charge >= 0.3 is 5.97 Å². The van der Waals surface area contributed by atoms with Crippen molar-refractivity contribution in [3.63, 3.8) is 0 Å². The number of cyclic esters (lactones) is 1. The molecule has 1 amide bonds. The highest BCUT2D eigenvalue weighted by atomic mass is 16.6. The highest BCUT2D eigenvalue weighted by Gasteiger charge is 2.36. The molecule has 0 bridgehead atoms. The van der Waals surface area contributed by atoms with Gasteiger partial charge < -0.3 is 34.1 Å². The first-order valence-electron chi connectivity index (χ1n) is 12.2. The fourth-order valence-corrected chi connectivity index (χ4v) is 3.47. The number of esters is 1. The molecule has 4 unspecified atom stereocenters. The van der Waals surface area contributed by atoms with Crippen LogP contribution < -0.4 is 10.1 Å². The summed E-state index contributed by atoms with van der Waals surface area (Å²) >= 11 is 0. The fourth-order valence-electron chi connectivity index (χ4n) is 3.47. The van der Waals surface area contributed by atoms with Crippen molar-refractivity contribution in [2.24, 2.45) is 11.8 Å². The molecule has 10 nitrogen and oxygen atoms in total. The van der Waals surface area contributed by atoms with E-state index in [2.05, 4.69) is 38.0 Å². The average molecular weight is 497 g/mol. The summed E-state index contributed by atoms with van der Waals surface area (Å²) in [6.07, 6.45) is 1.45. The number of methoxy groups -OCH3 is 1. The van der Waals surface area contributed by atoms with Crippen molar-refractivity contribution in [3.8, 4) is 11.5 Å². The first-order chi connectivity index (χ1) is 16.6. The Morgan fingerprint density at radius 3 is 2.46 bits per heavy atom. The number of amides is 1. The molecular formula is C25H40N2O8. The number of rotatable bonds is 11. The number of nitrogens with zero attached hydrogens (tertiary/aromatic N) is 1. The quantitative estimate of drug-likeness (QED) is 0.445. The van der Waals surface area contributed by atoms with Crippen molar-refractivity contribution < 1.29 is 38.4 Å². The van der Waals surface area contributed by atoms with Gasteiger partial charge in [-0.1, -0.05) is 27.7 Å². The normalized spacial score (nSPS) is 23.4. The average Bonchev–Trinajstić information content (AvgIpc) is 2.84. The van der Waals surface area contributed by atoms with E-state index < -0.39 is 42.0 Å². The first kappa shape index (κ1) is 28.8. The number of aromatic nitrogens is 1. The van der Waals surface area contributed by atoms with E-state index in [-0.39, 0.29) is 24.7 Å². The van der Waals surface area contributed by atoms with Crippen LogP contribution in [0.4, 0.5) is 0 Å².